The average molecular weight is 297 g/mol. The van der Waals surface area contributed by atoms with Crippen LogP contribution in [0.25, 0.3) is 0 Å². The van der Waals surface area contributed by atoms with E-state index < -0.39 is 0 Å². The molecular formula is C17H29ClN2. The van der Waals surface area contributed by atoms with E-state index in [0.29, 0.717) is 5.41 Å². The van der Waals surface area contributed by atoms with Crippen LogP contribution in [0.1, 0.15) is 38.3 Å². The van der Waals surface area contributed by atoms with E-state index in [1.807, 2.05) is 0 Å². The van der Waals surface area contributed by atoms with Crippen LogP contribution in [0.15, 0.2) is 24.3 Å². The van der Waals surface area contributed by atoms with Crippen molar-refractivity contribution >= 4 is 12.4 Å². The maximum atomic E-state index is 5.86. The molecule has 0 aliphatic carbocycles. The number of benzene rings is 1. The van der Waals surface area contributed by atoms with E-state index in [-0.39, 0.29) is 12.4 Å². The van der Waals surface area contributed by atoms with E-state index in [1.165, 1.54) is 30.5 Å². The third-order valence-electron chi connectivity index (χ3n) is 4.20. The number of likely N-dealkylation sites (tertiary alicyclic amines) is 1. The van der Waals surface area contributed by atoms with E-state index in [2.05, 4.69) is 49.9 Å². The van der Waals surface area contributed by atoms with Gasteiger partial charge in [-0.15, -0.1) is 12.4 Å². The Morgan fingerprint density at radius 1 is 1.20 bits per heavy atom. The van der Waals surface area contributed by atoms with Gasteiger partial charge < -0.3 is 5.73 Å². The molecule has 2 N–H and O–H groups in total. The maximum Gasteiger partial charge on any atom is 0.0233 e. The summed E-state index contributed by atoms with van der Waals surface area (Å²) >= 11 is 0. The van der Waals surface area contributed by atoms with Gasteiger partial charge in [0.25, 0.3) is 0 Å². The van der Waals surface area contributed by atoms with E-state index >= 15 is 0 Å². The van der Waals surface area contributed by atoms with Crippen molar-refractivity contribution < 1.29 is 0 Å². The minimum absolute atomic E-state index is 0. The Balaban J connectivity index is 0.00000200. The summed E-state index contributed by atoms with van der Waals surface area (Å²) in [4.78, 5) is 2.53. The lowest BCUT2D eigenvalue weighted by Gasteiger charge is -2.22. The van der Waals surface area contributed by atoms with E-state index in [4.69, 9.17) is 5.73 Å². The fraction of sp³-hybridized carbons (Fsp3) is 0.647. The number of halogens is 1. The predicted molar refractivity (Wildman–Crippen MR) is 89.3 cm³/mol. The Labute approximate surface area is 130 Å². The summed E-state index contributed by atoms with van der Waals surface area (Å²) in [6.07, 6.45) is 2.41. The smallest absolute Gasteiger partial charge is 0.0233 e. The maximum absolute atomic E-state index is 5.86. The van der Waals surface area contributed by atoms with Gasteiger partial charge in [0.05, 0.1) is 0 Å². The van der Waals surface area contributed by atoms with E-state index in [9.17, 15) is 0 Å². The monoisotopic (exact) mass is 296 g/mol. The molecule has 1 saturated heterocycles. The van der Waals surface area contributed by atoms with Gasteiger partial charge in [0.1, 0.15) is 0 Å². The van der Waals surface area contributed by atoms with Crippen molar-refractivity contribution in [3.8, 4) is 0 Å². The van der Waals surface area contributed by atoms with E-state index in [1.54, 1.807) is 0 Å². The van der Waals surface area contributed by atoms with Crippen LogP contribution in [0.2, 0.25) is 0 Å². The van der Waals surface area contributed by atoms with Gasteiger partial charge in [0.15, 0.2) is 0 Å². The zero-order chi connectivity index (χ0) is 13.9. The summed E-state index contributed by atoms with van der Waals surface area (Å²) < 4.78 is 0. The van der Waals surface area contributed by atoms with Crippen LogP contribution in [0.3, 0.4) is 0 Å². The molecular weight excluding hydrogens is 268 g/mol. The average Bonchev–Trinajstić information content (AvgIpc) is 2.74. The minimum atomic E-state index is 0. The quantitative estimate of drug-likeness (QED) is 0.901. The molecule has 1 heterocycles. The number of hydrogen-bond acceptors (Lipinski definition) is 2. The molecule has 3 heteroatoms. The van der Waals surface area contributed by atoms with Crippen molar-refractivity contribution in [2.75, 3.05) is 19.6 Å². The Morgan fingerprint density at radius 3 is 2.30 bits per heavy atom. The highest BCUT2D eigenvalue weighted by Gasteiger charge is 2.32. The fourth-order valence-electron chi connectivity index (χ4n) is 2.94. The second-order valence-electron chi connectivity index (χ2n) is 6.89. The fourth-order valence-corrected chi connectivity index (χ4v) is 2.94. The van der Waals surface area contributed by atoms with Crippen LogP contribution in [0.4, 0.5) is 0 Å². The largest absolute Gasteiger partial charge is 0.330 e. The molecule has 0 amide bonds. The first kappa shape index (κ1) is 17.5. The topological polar surface area (TPSA) is 29.3 Å². The van der Waals surface area contributed by atoms with Gasteiger partial charge in [-0.1, -0.05) is 45.0 Å². The predicted octanol–water partition coefficient (Wildman–Crippen LogP) is 3.48. The summed E-state index contributed by atoms with van der Waals surface area (Å²) in [6, 6.07) is 9.15. The van der Waals surface area contributed by atoms with Gasteiger partial charge in [-0.3, -0.25) is 4.90 Å². The van der Waals surface area contributed by atoms with Gasteiger partial charge in [-0.05, 0) is 48.4 Å². The van der Waals surface area contributed by atoms with Gasteiger partial charge in [0, 0.05) is 13.1 Å². The Morgan fingerprint density at radius 2 is 1.80 bits per heavy atom. The van der Waals surface area contributed by atoms with Crippen LogP contribution in [0, 0.1) is 11.3 Å². The molecule has 1 aromatic rings. The highest BCUT2D eigenvalue weighted by Crippen LogP contribution is 2.29. The van der Waals surface area contributed by atoms with Gasteiger partial charge in [0.2, 0.25) is 0 Å². The third-order valence-corrected chi connectivity index (χ3v) is 4.20. The van der Waals surface area contributed by atoms with Crippen molar-refractivity contribution in [2.24, 2.45) is 17.1 Å². The first-order chi connectivity index (χ1) is 9.00. The zero-order valence-corrected chi connectivity index (χ0v) is 13.9. The molecule has 0 radical (unpaired) electrons. The van der Waals surface area contributed by atoms with Crippen LogP contribution in [0.5, 0.6) is 0 Å². The van der Waals surface area contributed by atoms with Crippen LogP contribution in [-0.2, 0) is 13.0 Å². The first-order valence-electron chi connectivity index (χ1n) is 7.51. The first-order valence-corrected chi connectivity index (χ1v) is 7.51. The Kier molecular flexibility index (Phi) is 6.50. The molecule has 0 aromatic heterocycles. The summed E-state index contributed by atoms with van der Waals surface area (Å²) in [6.45, 7) is 11.0. The number of nitrogens with zero attached hydrogens (tertiary/aromatic N) is 1. The van der Waals surface area contributed by atoms with Crippen molar-refractivity contribution in [1.82, 2.24) is 4.90 Å². The van der Waals surface area contributed by atoms with Crippen molar-refractivity contribution in [3.63, 3.8) is 0 Å². The van der Waals surface area contributed by atoms with Crippen molar-refractivity contribution in [3.05, 3.63) is 35.4 Å². The highest BCUT2D eigenvalue weighted by atomic mass is 35.5. The van der Waals surface area contributed by atoms with Crippen molar-refractivity contribution in [1.29, 1.82) is 0 Å². The Hall–Kier alpha value is -0.570. The summed E-state index contributed by atoms with van der Waals surface area (Å²) in [7, 11) is 0. The van der Waals surface area contributed by atoms with Crippen LogP contribution >= 0.6 is 12.4 Å². The molecule has 1 aliphatic rings. The summed E-state index contributed by atoms with van der Waals surface area (Å²) in [5, 5.41) is 0. The molecule has 0 bridgehead atoms. The number of hydrogen-bond donors (Lipinski definition) is 1. The Bertz CT molecular complexity index is 402. The minimum Gasteiger partial charge on any atom is -0.330 e. The molecule has 1 unspecified atom stereocenters. The van der Waals surface area contributed by atoms with Gasteiger partial charge >= 0.3 is 0 Å². The molecule has 1 fully saturated rings. The summed E-state index contributed by atoms with van der Waals surface area (Å²) in [5.74, 6) is 0.731. The zero-order valence-electron chi connectivity index (χ0n) is 13.1. The standard InChI is InChI=1S/C17H28N2.ClH/c1-14(2)10-15-4-6-16(7-5-15)11-19-9-8-17(3,12-18)13-19;/h4-7,14H,8-13,18H2,1-3H3;1H. The van der Waals surface area contributed by atoms with Gasteiger partial charge in [-0.2, -0.15) is 0 Å². The molecule has 114 valence electrons. The van der Waals surface area contributed by atoms with Crippen molar-refractivity contribution in [2.45, 2.75) is 40.2 Å². The number of nitrogens with two attached hydrogens (primary N) is 1. The molecule has 2 nitrogen and oxygen atoms in total. The van der Waals surface area contributed by atoms with E-state index in [0.717, 1.165) is 25.6 Å². The molecule has 1 aliphatic heterocycles. The SMILES string of the molecule is CC(C)Cc1ccc(CN2CCC(C)(CN)C2)cc1.Cl. The second kappa shape index (κ2) is 7.44. The number of rotatable bonds is 5. The molecule has 1 aromatic carbocycles. The molecule has 20 heavy (non-hydrogen) atoms. The summed E-state index contributed by atoms with van der Waals surface area (Å²) in [5.41, 5.74) is 9.07. The van der Waals surface area contributed by atoms with Crippen LogP contribution < -0.4 is 5.73 Å². The molecule has 2 rings (SSSR count). The molecule has 0 saturated carbocycles. The molecule has 0 spiro atoms. The lowest BCUT2D eigenvalue weighted by molar-refractivity contribution is 0.274. The second-order valence-corrected chi connectivity index (χ2v) is 6.89. The normalized spacial score (nSPS) is 23.1. The highest BCUT2D eigenvalue weighted by molar-refractivity contribution is 5.85. The lowest BCUT2D eigenvalue weighted by Crippen LogP contribution is -2.31. The van der Waals surface area contributed by atoms with Gasteiger partial charge in [-0.25, -0.2) is 0 Å². The lowest BCUT2D eigenvalue weighted by atomic mass is 9.90. The third kappa shape index (κ3) is 4.76. The molecule has 1 atom stereocenters. The van der Waals surface area contributed by atoms with Crippen LogP contribution in [-0.4, -0.2) is 24.5 Å².